The summed E-state index contributed by atoms with van der Waals surface area (Å²) in [4.78, 5) is 2.29. The summed E-state index contributed by atoms with van der Waals surface area (Å²) in [6.07, 6.45) is 2.69. The maximum Gasteiger partial charge on any atom is 0.118 e. The van der Waals surface area contributed by atoms with Crippen molar-refractivity contribution in [2.75, 3.05) is 27.7 Å². The van der Waals surface area contributed by atoms with Gasteiger partial charge in [0.15, 0.2) is 0 Å². The molecule has 0 aromatic heterocycles. The second kappa shape index (κ2) is 10.9. The Hall–Kier alpha value is -1.02. The summed E-state index contributed by atoms with van der Waals surface area (Å²) in [7, 11) is 5.98. The molecule has 2 heteroatoms. The Morgan fingerprint density at radius 1 is 1.11 bits per heavy atom. The van der Waals surface area contributed by atoms with Crippen LogP contribution in [0.15, 0.2) is 30.3 Å². The van der Waals surface area contributed by atoms with Crippen LogP contribution in [-0.2, 0) is 0 Å². The van der Waals surface area contributed by atoms with Crippen molar-refractivity contribution in [1.82, 2.24) is 4.90 Å². The highest BCUT2D eigenvalue weighted by Gasteiger charge is 2.12. The lowest BCUT2D eigenvalue weighted by molar-refractivity contribution is 0.254. The molecule has 0 N–H and O–H groups in total. The number of rotatable bonds is 6. The van der Waals surface area contributed by atoms with Crippen LogP contribution in [0.3, 0.4) is 0 Å². The largest absolute Gasteiger partial charge is 0.497 e. The molecule has 0 fully saturated rings. The SMILES string of the molecule is CCCC(CN(C)C)C(C)C.COc1ccccc1. The van der Waals surface area contributed by atoms with Gasteiger partial charge in [-0.15, -0.1) is 0 Å². The first-order valence-electron chi connectivity index (χ1n) is 7.25. The van der Waals surface area contributed by atoms with Gasteiger partial charge >= 0.3 is 0 Å². The standard InChI is InChI=1S/C10H23N.C7H8O/c1-6-7-10(9(2)3)8-11(4)5;1-8-7-5-3-2-4-6-7/h9-10H,6-8H2,1-5H3;2-6H,1H3. The molecule has 0 heterocycles. The van der Waals surface area contributed by atoms with Crippen LogP contribution in [-0.4, -0.2) is 32.6 Å². The van der Waals surface area contributed by atoms with Crippen molar-refractivity contribution < 1.29 is 4.74 Å². The van der Waals surface area contributed by atoms with Gasteiger partial charge in [-0.2, -0.15) is 0 Å². The fourth-order valence-electron chi connectivity index (χ4n) is 2.03. The average molecular weight is 265 g/mol. The third kappa shape index (κ3) is 9.54. The summed E-state index contributed by atoms with van der Waals surface area (Å²) in [6.45, 7) is 8.16. The first kappa shape index (κ1) is 18.0. The minimum Gasteiger partial charge on any atom is -0.497 e. The van der Waals surface area contributed by atoms with E-state index in [2.05, 4.69) is 39.8 Å². The van der Waals surface area contributed by atoms with Gasteiger partial charge in [0, 0.05) is 6.54 Å². The molecule has 0 aliphatic carbocycles. The number of benzene rings is 1. The first-order valence-corrected chi connectivity index (χ1v) is 7.25. The number of ether oxygens (including phenoxy) is 1. The van der Waals surface area contributed by atoms with Gasteiger partial charge in [-0.1, -0.05) is 45.4 Å². The van der Waals surface area contributed by atoms with E-state index in [-0.39, 0.29) is 0 Å². The predicted octanol–water partition coefficient (Wildman–Crippen LogP) is 4.32. The number of hydrogen-bond donors (Lipinski definition) is 0. The molecule has 19 heavy (non-hydrogen) atoms. The Morgan fingerprint density at radius 3 is 2.00 bits per heavy atom. The Bertz CT molecular complexity index is 295. The molecule has 0 saturated carbocycles. The van der Waals surface area contributed by atoms with Crippen LogP contribution in [0.1, 0.15) is 33.6 Å². The van der Waals surface area contributed by atoms with Crippen molar-refractivity contribution in [1.29, 1.82) is 0 Å². The van der Waals surface area contributed by atoms with Gasteiger partial charge in [0.2, 0.25) is 0 Å². The van der Waals surface area contributed by atoms with E-state index >= 15 is 0 Å². The zero-order valence-corrected chi connectivity index (χ0v) is 13.5. The highest BCUT2D eigenvalue weighted by Crippen LogP contribution is 2.17. The van der Waals surface area contributed by atoms with Gasteiger partial charge in [0.1, 0.15) is 5.75 Å². The van der Waals surface area contributed by atoms with Crippen LogP contribution in [0.4, 0.5) is 0 Å². The van der Waals surface area contributed by atoms with Gasteiger partial charge in [0.25, 0.3) is 0 Å². The van der Waals surface area contributed by atoms with E-state index in [1.165, 1.54) is 19.4 Å². The lowest BCUT2D eigenvalue weighted by Crippen LogP contribution is -2.25. The van der Waals surface area contributed by atoms with E-state index in [4.69, 9.17) is 4.74 Å². The number of methoxy groups -OCH3 is 1. The number of para-hydroxylation sites is 1. The second-order valence-corrected chi connectivity index (χ2v) is 5.57. The predicted molar refractivity (Wildman–Crippen MR) is 84.8 cm³/mol. The molecule has 0 amide bonds. The molecule has 0 aliphatic heterocycles. The molecule has 0 bridgehead atoms. The average Bonchev–Trinajstić information content (AvgIpc) is 2.39. The molecule has 0 aliphatic rings. The van der Waals surface area contributed by atoms with E-state index in [1.807, 2.05) is 30.3 Å². The second-order valence-electron chi connectivity index (χ2n) is 5.57. The van der Waals surface area contributed by atoms with Gasteiger partial charge in [0.05, 0.1) is 7.11 Å². The van der Waals surface area contributed by atoms with Crippen molar-refractivity contribution in [2.45, 2.75) is 33.6 Å². The molecule has 0 saturated heterocycles. The summed E-state index contributed by atoms with van der Waals surface area (Å²) in [6, 6.07) is 9.68. The van der Waals surface area contributed by atoms with E-state index in [0.717, 1.165) is 17.6 Å². The Balaban J connectivity index is 0.000000356. The topological polar surface area (TPSA) is 12.5 Å². The van der Waals surface area contributed by atoms with Crippen LogP contribution < -0.4 is 4.74 Å². The summed E-state index contributed by atoms with van der Waals surface area (Å²) >= 11 is 0. The Morgan fingerprint density at radius 2 is 1.68 bits per heavy atom. The molecule has 0 radical (unpaired) electrons. The lowest BCUT2D eigenvalue weighted by atomic mass is 9.91. The van der Waals surface area contributed by atoms with Crippen LogP contribution in [0.2, 0.25) is 0 Å². The molecule has 1 rings (SSSR count). The zero-order chi connectivity index (χ0) is 14.7. The van der Waals surface area contributed by atoms with Crippen LogP contribution >= 0.6 is 0 Å². The molecule has 1 atom stereocenters. The maximum atomic E-state index is 4.91. The molecular formula is C17H31NO. The molecule has 110 valence electrons. The van der Waals surface area contributed by atoms with Crippen molar-refractivity contribution in [3.8, 4) is 5.75 Å². The number of hydrogen-bond acceptors (Lipinski definition) is 2. The first-order chi connectivity index (χ1) is 9.01. The van der Waals surface area contributed by atoms with Crippen molar-refractivity contribution in [2.24, 2.45) is 11.8 Å². The van der Waals surface area contributed by atoms with E-state index < -0.39 is 0 Å². The van der Waals surface area contributed by atoms with Crippen LogP contribution in [0, 0.1) is 11.8 Å². The van der Waals surface area contributed by atoms with Crippen molar-refractivity contribution in [3.05, 3.63) is 30.3 Å². The monoisotopic (exact) mass is 265 g/mol. The summed E-state index contributed by atoms with van der Waals surface area (Å²) < 4.78 is 4.91. The van der Waals surface area contributed by atoms with Crippen molar-refractivity contribution in [3.63, 3.8) is 0 Å². The molecule has 1 aromatic rings. The quantitative estimate of drug-likeness (QED) is 0.759. The molecule has 1 aromatic carbocycles. The molecular weight excluding hydrogens is 234 g/mol. The number of nitrogens with zero attached hydrogens (tertiary/aromatic N) is 1. The highest BCUT2D eigenvalue weighted by atomic mass is 16.5. The van der Waals surface area contributed by atoms with Gasteiger partial charge in [-0.25, -0.2) is 0 Å². The normalized spacial score (nSPS) is 12.0. The van der Waals surface area contributed by atoms with E-state index in [0.29, 0.717) is 0 Å². The van der Waals surface area contributed by atoms with Crippen LogP contribution in [0.5, 0.6) is 5.75 Å². The fourth-order valence-corrected chi connectivity index (χ4v) is 2.03. The molecule has 0 spiro atoms. The van der Waals surface area contributed by atoms with Crippen LogP contribution in [0.25, 0.3) is 0 Å². The Labute approximate surface area is 119 Å². The van der Waals surface area contributed by atoms with Gasteiger partial charge in [-0.05, 0) is 44.5 Å². The highest BCUT2D eigenvalue weighted by molar-refractivity contribution is 5.20. The summed E-state index contributed by atoms with van der Waals surface area (Å²) in [5.41, 5.74) is 0. The smallest absolute Gasteiger partial charge is 0.118 e. The molecule has 2 nitrogen and oxygen atoms in total. The third-order valence-corrected chi connectivity index (χ3v) is 3.18. The summed E-state index contributed by atoms with van der Waals surface area (Å²) in [5, 5.41) is 0. The third-order valence-electron chi connectivity index (χ3n) is 3.18. The minimum absolute atomic E-state index is 0.831. The van der Waals surface area contributed by atoms with E-state index in [1.54, 1.807) is 7.11 Å². The maximum absolute atomic E-state index is 4.91. The lowest BCUT2D eigenvalue weighted by Gasteiger charge is -2.23. The molecule has 1 unspecified atom stereocenters. The fraction of sp³-hybridized carbons (Fsp3) is 0.647. The van der Waals surface area contributed by atoms with E-state index in [9.17, 15) is 0 Å². The van der Waals surface area contributed by atoms with Gasteiger partial charge < -0.3 is 9.64 Å². The van der Waals surface area contributed by atoms with Crippen molar-refractivity contribution >= 4 is 0 Å². The van der Waals surface area contributed by atoms with Gasteiger partial charge in [-0.3, -0.25) is 0 Å². The zero-order valence-electron chi connectivity index (χ0n) is 13.5. The Kier molecular flexibility index (Phi) is 10.3. The minimum atomic E-state index is 0.831. The summed E-state index contributed by atoms with van der Waals surface area (Å²) in [5.74, 6) is 2.62.